The molecule has 11 aromatic carbocycles. The van der Waals surface area contributed by atoms with Gasteiger partial charge in [0, 0.05) is 16.9 Å². The van der Waals surface area contributed by atoms with E-state index in [2.05, 4.69) is 241 Å². The highest BCUT2D eigenvalue weighted by atomic mass is 15.1. The molecule has 0 bridgehead atoms. The molecule has 11 aromatic rings. The summed E-state index contributed by atoms with van der Waals surface area (Å²) >= 11 is 0. The second-order valence-corrected chi connectivity index (χ2v) is 15.3. The fourth-order valence-electron chi connectivity index (χ4n) is 8.94. The number of hydrogen-bond donors (Lipinski definition) is 0. The average Bonchev–Trinajstić information content (AvgIpc) is 3.32. The summed E-state index contributed by atoms with van der Waals surface area (Å²) in [5.41, 5.74) is 12.7. The van der Waals surface area contributed by atoms with Gasteiger partial charge in [-0.1, -0.05) is 188 Å². The molecular weight excluding hydrogens is 711 g/mol. The Morgan fingerprint density at radius 1 is 0.237 bits per heavy atom. The summed E-state index contributed by atoms with van der Waals surface area (Å²) in [6.07, 6.45) is 0. The zero-order valence-corrected chi connectivity index (χ0v) is 32.5. The third-order valence-electron chi connectivity index (χ3n) is 11.8. The molecule has 0 aromatic heterocycles. The van der Waals surface area contributed by atoms with Crippen molar-refractivity contribution in [1.82, 2.24) is 0 Å². The molecule has 0 heterocycles. The van der Waals surface area contributed by atoms with Crippen molar-refractivity contribution < 1.29 is 0 Å². The van der Waals surface area contributed by atoms with E-state index in [0.29, 0.717) is 0 Å². The summed E-state index contributed by atoms with van der Waals surface area (Å²) in [6, 6.07) is 86.5. The van der Waals surface area contributed by atoms with E-state index in [4.69, 9.17) is 0 Å². The van der Waals surface area contributed by atoms with Crippen LogP contribution in [0.1, 0.15) is 0 Å². The molecule has 276 valence electrons. The Bertz CT molecular complexity index is 3310. The van der Waals surface area contributed by atoms with Crippen LogP contribution in [0.3, 0.4) is 0 Å². The van der Waals surface area contributed by atoms with Crippen molar-refractivity contribution in [3.8, 4) is 44.5 Å². The standard InChI is InChI=1S/C58H39N/c1-3-15-40(16-4-1)43-31-33-50(34-32-43)59(57-26-14-13-22-52(57)46-29-27-42-19-7-8-21-45(42)35-46)51-37-48(41-17-5-2-6-18-41)36-49(38-51)56-39-47-30-28-44-20-9-10-23-53(44)58(47)55-25-12-11-24-54(55)56/h1-39H. The van der Waals surface area contributed by atoms with Gasteiger partial charge in [0.25, 0.3) is 0 Å². The van der Waals surface area contributed by atoms with E-state index in [-0.39, 0.29) is 0 Å². The van der Waals surface area contributed by atoms with E-state index >= 15 is 0 Å². The van der Waals surface area contributed by atoms with Gasteiger partial charge in [0.05, 0.1) is 5.69 Å². The van der Waals surface area contributed by atoms with Gasteiger partial charge >= 0.3 is 0 Å². The Balaban J connectivity index is 1.18. The molecule has 1 nitrogen and oxygen atoms in total. The molecule has 0 atom stereocenters. The van der Waals surface area contributed by atoms with Crippen molar-refractivity contribution in [2.24, 2.45) is 0 Å². The number of fused-ring (bicyclic) bond motifs is 6. The van der Waals surface area contributed by atoms with Crippen molar-refractivity contribution >= 4 is 60.2 Å². The van der Waals surface area contributed by atoms with Gasteiger partial charge in [-0.15, -0.1) is 0 Å². The summed E-state index contributed by atoms with van der Waals surface area (Å²) in [5.74, 6) is 0. The monoisotopic (exact) mass is 749 g/mol. The van der Waals surface area contributed by atoms with Crippen LogP contribution in [0.4, 0.5) is 17.1 Å². The molecule has 0 aliphatic heterocycles. The van der Waals surface area contributed by atoms with Crippen LogP contribution < -0.4 is 4.90 Å². The lowest BCUT2D eigenvalue weighted by Crippen LogP contribution is -2.11. The summed E-state index contributed by atoms with van der Waals surface area (Å²) in [5, 5.41) is 10.0. The van der Waals surface area contributed by atoms with Crippen molar-refractivity contribution in [3.63, 3.8) is 0 Å². The van der Waals surface area contributed by atoms with Gasteiger partial charge < -0.3 is 4.90 Å². The Morgan fingerprint density at radius 3 is 1.56 bits per heavy atom. The maximum Gasteiger partial charge on any atom is 0.0540 e. The molecule has 0 N–H and O–H groups in total. The summed E-state index contributed by atoms with van der Waals surface area (Å²) in [6.45, 7) is 0. The van der Waals surface area contributed by atoms with E-state index < -0.39 is 0 Å². The summed E-state index contributed by atoms with van der Waals surface area (Å²) in [7, 11) is 0. The van der Waals surface area contributed by atoms with Crippen LogP contribution in [0.25, 0.3) is 87.6 Å². The highest BCUT2D eigenvalue weighted by Crippen LogP contribution is 2.46. The fraction of sp³-hybridized carbons (Fsp3) is 0. The zero-order chi connectivity index (χ0) is 39.1. The van der Waals surface area contributed by atoms with Gasteiger partial charge in [-0.2, -0.15) is 0 Å². The van der Waals surface area contributed by atoms with Crippen molar-refractivity contribution in [3.05, 3.63) is 237 Å². The lowest BCUT2D eigenvalue weighted by atomic mass is 9.89. The van der Waals surface area contributed by atoms with Crippen LogP contribution in [0.15, 0.2) is 237 Å². The van der Waals surface area contributed by atoms with E-state index in [0.717, 1.165) is 22.6 Å². The van der Waals surface area contributed by atoms with Gasteiger partial charge in [-0.25, -0.2) is 0 Å². The highest BCUT2D eigenvalue weighted by molar-refractivity contribution is 6.23. The lowest BCUT2D eigenvalue weighted by molar-refractivity contribution is 1.28. The minimum Gasteiger partial charge on any atom is -0.310 e. The van der Waals surface area contributed by atoms with Crippen molar-refractivity contribution in [2.45, 2.75) is 0 Å². The Morgan fingerprint density at radius 2 is 0.780 bits per heavy atom. The van der Waals surface area contributed by atoms with Crippen molar-refractivity contribution in [1.29, 1.82) is 0 Å². The second-order valence-electron chi connectivity index (χ2n) is 15.3. The third-order valence-corrected chi connectivity index (χ3v) is 11.8. The third kappa shape index (κ3) is 6.30. The quantitative estimate of drug-likeness (QED) is 0.147. The smallest absolute Gasteiger partial charge is 0.0540 e. The summed E-state index contributed by atoms with van der Waals surface area (Å²) < 4.78 is 0. The van der Waals surface area contributed by atoms with Crippen LogP contribution in [-0.2, 0) is 0 Å². The normalized spacial score (nSPS) is 11.4. The van der Waals surface area contributed by atoms with Gasteiger partial charge in [0.2, 0.25) is 0 Å². The number of anilines is 3. The van der Waals surface area contributed by atoms with E-state index in [1.807, 2.05) is 0 Å². The first-order valence-electron chi connectivity index (χ1n) is 20.3. The first-order valence-corrected chi connectivity index (χ1v) is 20.3. The molecule has 11 rings (SSSR count). The molecule has 0 amide bonds. The molecule has 0 radical (unpaired) electrons. The van der Waals surface area contributed by atoms with E-state index in [1.54, 1.807) is 0 Å². The number of hydrogen-bond acceptors (Lipinski definition) is 1. The zero-order valence-electron chi connectivity index (χ0n) is 32.5. The molecule has 1 heteroatoms. The predicted octanol–water partition coefficient (Wildman–Crippen LogP) is 16.4. The number of rotatable bonds is 7. The minimum absolute atomic E-state index is 1.09. The number of nitrogens with zero attached hydrogens (tertiary/aromatic N) is 1. The molecule has 0 aliphatic carbocycles. The minimum atomic E-state index is 1.09. The summed E-state index contributed by atoms with van der Waals surface area (Å²) in [4.78, 5) is 2.45. The average molecular weight is 750 g/mol. The largest absolute Gasteiger partial charge is 0.310 e. The highest BCUT2D eigenvalue weighted by Gasteiger charge is 2.21. The number of benzene rings is 11. The van der Waals surface area contributed by atoms with Crippen LogP contribution >= 0.6 is 0 Å². The predicted molar refractivity (Wildman–Crippen MR) is 253 cm³/mol. The molecule has 0 spiro atoms. The van der Waals surface area contributed by atoms with Crippen LogP contribution in [0, 0.1) is 0 Å². The maximum atomic E-state index is 2.45. The van der Waals surface area contributed by atoms with Crippen LogP contribution in [-0.4, -0.2) is 0 Å². The first kappa shape index (κ1) is 34.5. The molecule has 0 unspecified atom stereocenters. The Labute approximate surface area is 344 Å². The van der Waals surface area contributed by atoms with Gasteiger partial charge in [0.1, 0.15) is 0 Å². The molecule has 59 heavy (non-hydrogen) atoms. The van der Waals surface area contributed by atoms with Crippen molar-refractivity contribution in [2.75, 3.05) is 4.90 Å². The molecule has 0 fully saturated rings. The SMILES string of the molecule is c1ccc(-c2ccc(N(c3cc(-c4ccccc4)cc(-c4cc5ccc6ccccc6c5c5ccccc45)c3)c3ccccc3-c3ccc4ccccc4c3)cc2)cc1. The van der Waals surface area contributed by atoms with Crippen LogP contribution in [0.2, 0.25) is 0 Å². The second kappa shape index (κ2) is 14.6. The topological polar surface area (TPSA) is 3.24 Å². The van der Waals surface area contributed by atoms with Gasteiger partial charge in [-0.05, 0) is 131 Å². The van der Waals surface area contributed by atoms with E-state index in [9.17, 15) is 0 Å². The molecule has 0 aliphatic rings. The Hall–Kier alpha value is -7.74. The maximum absolute atomic E-state index is 2.45. The van der Waals surface area contributed by atoms with Crippen LogP contribution in [0.5, 0.6) is 0 Å². The van der Waals surface area contributed by atoms with E-state index in [1.165, 1.54) is 82.0 Å². The first-order chi connectivity index (χ1) is 29.2. The Kier molecular flexibility index (Phi) is 8.56. The van der Waals surface area contributed by atoms with Gasteiger partial charge in [0.15, 0.2) is 0 Å². The lowest BCUT2D eigenvalue weighted by Gasteiger charge is -2.29. The molecule has 0 saturated heterocycles. The fourth-order valence-corrected chi connectivity index (χ4v) is 8.94. The number of para-hydroxylation sites is 1. The van der Waals surface area contributed by atoms with Gasteiger partial charge in [-0.3, -0.25) is 0 Å². The molecular formula is C58H39N. The molecule has 0 saturated carbocycles.